The summed E-state index contributed by atoms with van der Waals surface area (Å²) in [6, 6.07) is 0. The Labute approximate surface area is 321 Å². The molecule has 0 aromatic carbocycles. The number of hydrogen-bond donors (Lipinski definition) is 0. The second-order valence-electron chi connectivity index (χ2n) is 14.4. The number of rotatable bonds is 14. The summed E-state index contributed by atoms with van der Waals surface area (Å²) in [6.45, 7) is 17.5. The van der Waals surface area contributed by atoms with Gasteiger partial charge in [-0.25, -0.2) is 0 Å². The van der Waals surface area contributed by atoms with Gasteiger partial charge < -0.3 is 48.1 Å². The molecular formula is C39H76N4O10. The molecule has 312 valence electrons. The maximum Gasteiger partial charge on any atom is 0.225 e. The number of amides is 4. The summed E-state index contributed by atoms with van der Waals surface area (Å²) >= 11 is 0. The van der Waals surface area contributed by atoms with Crippen molar-refractivity contribution in [2.75, 3.05) is 82.8 Å². The van der Waals surface area contributed by atoms with Crippen molar-refractivity contribution in [1.82, 2.24) is 19.6 Å². The summed E-state index contributed by atoms with van der Waals surface area (Å²) < 4.78 is 21.8. The summed E-state index contributed by atoms with van der Waals surface area (Å²) in [6.07, 6.45) is 5.61. The monoisotopic (exact) mass is 761 g/mol. The number of hydrogen-bond acceptors (Lipinski definition) is 10. The Morgan fingerprint density at radius 1 is 0.528 bits per heavy atom. The van der Waals surface area contributed by atoms with E-state index in [2.05, 4.69) is 13.8 Å². The number of ether oxygens (including phenoxy) is 4. The van der Waals surface area contributed by atoms with Crippen LogP contribution in [0.4, 0.5) is 0 Å². The standard InChI is InChI=1S/C11H21NO3.C9H17NO3.C9H17NO2.C7H13NO2.C3H8/c1-5-9(10(13)12(3)4)8-11(2)14-6-7-15-11;1-9(12-6-7-13-9)5-4-8(11)10(2)3;1-5-8(6-7(2)11)9(12)10(3)4;1-6(9)4-5-7(10)8(2)3;1-3-2/h9H,5-8H2,1-4H3;4-7H2,1-3H3;8H,5-6H2,1-4H3;4-5H2,1-3H3;3H2,1-2H3. The lowest BCUT2D eigenvalue weighted by Crippen LogP contribution is -2.36. The van der Waals surface area contributed by atoms with Crippen molar-refractivity contribution in [3.63, 3.8) is 0 Å². The van der Waals surface area contributed by atoms with Crippen LogP contribution in [0.1, 0.15) is 113 Å². The molecule has 0 radical (unpaired) electrons. The van der Waals surface area contributed by atoms with Crippen LogP contribution in [-0.2, 0) is 47.7 Å². The Bertz CT molecular complexity index is 1070. The van der Waals surface area contributed by atoms with E-state index in [1.54, 1.807) is 66.2 Å². The second-order valence-corrected chi connectivity index (χ2v) is 14.4. The number of Topliss-reactive ketones (excluding diaryl/α,β-unsaturated/α-hetero) is 2. The van der Waals surface area contributed by atoms with Gasteiger partial charge in [0.1, 0.15) is 11.6 Å². The zero-order valence-corrected chi connectivity index (χ0v) is 36.2. The van der Waals surface area contributed by atoms with Gasteiger partial charge in [-0.2, -0.15) is 0 Å². The lowest BCUT2D eigenvalue weighted by Gasteiger charge is -2.28. The van der Waals surface area contributed by atoms with Gasteiger partial charge in [-0.1, -0.05) is 34.1 Å². The molecule has 0 aromatic rings. The third-order valence-corrected chi connectivity index (χ3v) is 7.99. The molecule has 2 atom stereocenters. The highest BCUT2D eigenvalue weighted by molar-refractivity contribution is 5.85. The van der Waals surface area contributed by atoms with Gasteiger partial charge in [0.15, 0.2) is 11.6 Å². The molecule has 0 N–H and O–H groups in total. The van der Waals surface area contributed by atoms with E-state index in [0.717, 1.165) is 12.8 Å². The molecule has 0 bridgehead atoms. The fourth-order valence-corrected chi connectivity index (χ4v) is 4.78. The zero-order valence-electron chi connectivity index (χ0n) is 36.2. The summed E-state index contributed by atoms with van der Waals surface area (Å²) in [4.78, 5) is 72.7. The first-order chi connectivity index (χ1) is 24.5. The molecule has 14 nitrogen and oxygen atoms in total. The Balaban J connectivity index is -0.000000619. The smallest absolute Gasteiger partial charge is 0.225 e. The summed E-state index contributed by atoms with van der Waals surface area (Å²) in [5.41, 5.74) is 0. The van der Waals surface area contributed by atoms with Crippen molar-refractivity contribution in [2.45, 2.75) is 125 Å². The van der Waals surface area contributed by atoms with Gasteiger partial charge in [-0.3, -0.25) is 19.2 Å². The average Bonchev–Trinajstić information content (AvgIpc) is 3.72. The van der Waals surface area contributed by atoms with E-state index in [-0.39, 0.29) is 47.0 Å². The minimum atomic E-state index is -0.563. The van der Waals surface area contributed by atoms with Crippen LogP contribution in [0, 0.1) is 11.8 Å². The first-order valence-corrected chi connectivity index (χ1v) is 18.8. The van der Waals surface area contributed by atoms with Crippen LogP contribution in [0.2, 0.25) is 0 Å². The molecular weight excluding hydrogens is 684 g/mol. The lowest BCUT2D eigenvalue weighted by atomic mass is 9.96. The number of nitrogens with zero attached hydrogens (tertiary/aromatic N) is 4. The minimum absolute atomic E-state index is 0.00944. The highest BCUT2D eigenvalue weighted by Gasteiger charge is 2.36. The fourth-order valence-electron chi connectivity index (χ4n) is 4.78. The highest BCUT2D eigenvalue weighted by Crippen LogP contribution is 2.29. The molecule has 53 heavy (non-hydrogen) atoms. The summed E-state index contributed by atoms with van der Waals surface area (Å²) in [7, 11) is 13.9. The zero-order chi connectivity index (χ0) is 41.9. The van der Waals surface area contributed by atoms with Gasteiger partial charge in [0.2, 0.25) is 23.6 Å². The molecule has 0 saturated carbocycles. The molecule has 2 aliphatic rings. The van der Waals surface area contributed by atoms with Crippen molar-refractivity contribution < 1.29 is 47.7 Å². The van der Waals surface area contributed by atoms with Crippen LogP contribution in [0.25, 0.3) is 0 Å². The van der Waals surface area contributed by atoms with Gasteiger partial charge in [0, 0.05) is 107 Å². The molecule has 0 aliphatic carbocycles. The number of carbonyl (C=O) groups is 6. The van der Waals surface area contributed by atoms with Gasteiger partial charge in [-0.15, -0.1) is 0 Å². The minimum Gasteiger partial charge on any atom is -0.349 e. The van der Waals surface area contributed by atoms with E-state index in [1.807, 2.05) is 27.7 Å². The second kappa shape index (κ2) is 29.4. The number of carbonyl (C=O) groups excluding carboxylic acids is 6. The van der Waals surface area contributed by atoms with E-state index in [4.69, 9.17) is 18.9 Å². The SMILES string of the molecule is CC(=O)CCC(=O)N(C)C.CCC.CCC(CC(C)=O)C(=O)N(C)C.CCC(CC1(C)OCCO1)C(=O)N(C)C.CN(C)C(=O)CCC1(C)OCCO1. The van der Waals surface area contributed by atoms with Crippen LogP contribution in [-0.4, -0.2) is 149 Å². The van der Waals surface area contributed by atoms with E-state index >= 15 is 0 Å². The van der Waals surface area contributed by atoms with Crippen LogP contribution in [0.15, 0.2) is 0 Å². The molecule has 4 amide bonds. The predicted molar refractivity (Wildman–Crippen MR) is 208 cm³/mol. The molecule has 2 heterocycles. The van der Waals surface area contributed by atoms with Gasteiger partial charge in [0.05, 0.1) is 26.4 Å². The quantitative estimate of drug-likeness (QED) is 0.241. The predicted octanol–water partition coefficient (Wildman–Crippen LogP) is 4.81. The van der Waals surface area contributed by atoms with Crippen molar-refractivity contribution in [3.05, 3.63) is 0 Å². The maximum absolute atomic E-state index is 11.8. The Morgan fingerprint density at radius 3 is 1.21 bits per heavy atom. The van der Waals surface area contributed by atoms with Crippen LogP contribution in [0.3, 0.4) is 0 Å². The third-order valence-electron chi connectivity index (χ3n) is 7.99. The van der Waals surface area contributed by atoms with Crippen molar-refractivity contribution in [1.29, 1.82) is 0 Å². The Hall–Kier alpha value is -2.94. The molecule has 0 aromatic heterocycles. The summed E-state index contributed by atoms with van der Waals surface area (Å²) in [5.74, 6) is -0.772. The molecule has 0 spiro atoms. The molecule has 14 heteroatoms. The Morgan fingerprint density at radius 2 is 0.887 bits per heavy atom. The lowest BCUT2D eigenvalue weighted by molar-refractivity contribution is -0.164. The molecule has 2 fully saturated rings. The van der Waals surface area contributed by atoms with Crippen molar-refractivity contribution >= 4 is 35.2 Å². The van der Waals surface area contributed by atoms with Gasteiger partial charge in [0.25, 0.3) is 0 Å². The third kappa shape index (κ3) is 27.3. The first kappa shape index (κ1) is 54.4. The molecule has 2 rings (SSSR count). The van der Waals surface area contributed by atoms with Gasteiger partial charge >= 0.3 is 0 Å². The average molecular weight is 761 g/mol. The molecule has 2 saturated heterocycles. The van der Waals surface area contributed by atoms with Crippen LogP contribution in [0.5, 0.6) is 0 Å². The molecule has 2 unspecified atom stereocenters. The number of ketones is 2. The topological polar surface area (TPSA) is 152 Å². The molecule has 2 aliphatic heterocycles. The fraction of sp³-hybridized carbons (Fsp3) is 0.846. The maximum atomic E-state index is 11.8. The first-order valence-electron chi connectivity index (χ1n) is 18.8. The normalized spacial score (nSPS) is 15.8. The van der Waals surface area contributed by atoms with Crippen molar-refractivity contribution in [3.8, 4) is 0 Å². The highest BCUT2D eigenvalue weighted by atomic mass is 16.7. The van der Waals surface area contributed by atoms with Crippen molar-refractivity contribution in [2.24, 2.45) is 11.8 Å². The van der Waals surface area contributed by atoms with Gasteiger partial charge in [-0.05, 0) is 40.5 Å². The van der Waals surface area contributed by atoms with E-state index in [9.17, 15) is 28.8 Å². The summed E-state index contributed by atoms with van der Waals surface area (Å²) in [5, 5.41) is 0. The van der Waals surface area contributed by atoms with Crippen LogP contribution < -0.4 is 0 Å². The van der Waals surface area contributed by atoms with E-state index in [0.29, 0.717) is 65.0 Å². The van der Waals surface area contributed by atoms with E-state index < -0.39 is 11.6 Å². The van der Waals surface area contributed by atoms with Crippen LogP contribution >= 0.6 is 0 Å². The van der Waals surface area contributed by atoms with E-state index in [1.165, 1.54) is 30.1 Å². The Kier molecular flexibility index (Phi) is 30.2. The largest absolute Gasteiger partial charge is 0.349 e.